The number of imide groups is 1. The molecule has 0 radical (unpaired) electrons. The van der Waals surface area contributed by atoms with E-state index in [2.05, 4.69) is 31.2 Å². The lowest BCUT2D eigenvalue weighted by molar-refractivity contribution is -0.118. The van der Waals surface area contributed by atoms with Gasteiger partial charge in [0.1, 0.15) is 11.5 Å². The predicted octanol–water partition coefficient (Wildman–Crippen LogP) is 3.75. The van der Waals surface area contributed by atoms with E-state index in [-0.39, 0.29) is 11.4 Å². The van der Waals surface area contributed by atoms with Crippen LogP contribution in [0.1, 0.15) is 35.7 Å². The summed E-state index contributed by atoms with van der Waals surface area (Å²) < 4.78 is 14.9. The van der Waals surface area contributed by atoms with Crippen LogP contribution in [0.3, 0.4) is 0 Å². The molecule has 0 bridgehead atoms. The number of benzene rings is 2. The first-order chi connectivity index (χ1) is 17.5. The fraction of sp³-hybridized carbons (Fsp3) is 0.296. The van der Waals surface area contributed by atoms with Crippen LogP contribution in [0, 0.1) is 5.82 Å². The van der Waals surface area contributed by atoms with Crippen molar-refractivity contribution >= 4 is 34.7 Å². The number of nitrogens with zero attached hydrogens (tertiary/aromatic N) is 2. The van der Waals surface area contributed by atoms with Gasteiger partial charge in [0.15, 0.2) is 5.82 Å². The largest absolute Gasteiger partial charge is 0.373 e. The van der Waals surface area contributed by atoms with Crippen LogP contribution in [0.25, 0.3) is 0 Å². The fourth-order valence-corrected chi connectivity index (χ4v) is 4.61. The zero-order valence-corrected chi connectivity index (χ0v) is 20.1. The van der Waals surface area contributed by atoms with Gasteiger partial charge in [0, 0.05) is 50.6 Å². The summed E-state index contributed by atoms with van der Waals surface area (Å²) >= 11 is 0. The summed E-state index contributed by atoms with van der Waals surface area (Å²) in [5.41, 5.74) is 2.02. The lowest BCUT2D eigenvalue weighted by atomic mass is 10.0. The number of anilines is 4. The SMILES string of the molecule is CC(=O)NC(=O)c1cnc(N2CCNCC2)c(Nc2ccccc2)c1NC1(c2ccccc2F)CC1. The topological polar surface area (TPSA) is 98.4 Å². The number of hydrogen-bond acceptors (Lipinski definition) is 7. The Hall–Kier alpha value is -3.98. The third-order valence-electron chi connectivity index (χ3n) is 6.56. The molecule has 2 amide bonds. The number of carbonyl (C=O) groups excluding carboxylic acids is 2. The molecule has 0 spiro atoms. The van der Waals surface area contributed by atoms with Crippen molar-refractivity contribution in [2.24, 2.45) is 0 Å². The first-order valence-corrected chi connectivity index (χ1v) is 12.1. The first kappa shape index (κ1) is 23.7. The van der Waals surface area contributed by atoms with Crippen molar-refractivity contribution in [3.63, 3.8) is 0 Å². The van der Waals surface area contributed by atoms with Gasteiger partial charge in [-0.3, -0.25) is 14.9 Å². The van der Waals surface area contributed by atoms with E-state index in [1.807, 2.05) is 36.4 Å². The van der Waals surface area contributed by atoms with E-state index in [1.54, 1.807) is 12.1 Å². The molecular weight excluding hydrogens is 459 g/mol. The maximum Gasteiger partial charge on any atom is 0.261 e. The Kier molecular flexibility index (Phi) is 6.56. The lowest BCUT2D eigenvalue weighted by Gasteiger charge is -2.32. The van der Waals surface area contributed by atoms with E-state index >= 15 is 0 Å². The fourth-order valence-electron chi connectivity index (χ4n) is 4.61. The third-order valence-corrected chi connectivity index (χ3v) is 6.56. The number of para-hydroxylation sites is 1. The summed E-state index contributed by atoms with van der Waals surface area (Å²) in [5.74, 6) is -0.646. The number of nitrogens with one attached hydrogen (secondary N) is 4. The molecule has 1 aliphatic carbocycles. The second-order valence-corrected chi connectivity index (χ2v) is 9.17. The number of halogens is 1. The van der Waals surface area contributed by atoms with Gasteiger partial charge in [0.05, 0.1) is 16.8 Å². The van der Waals surface area contributed by atoms with E-state index < -0.39 is 17.4 Å². The Morgan fingerprint density at radius 3 is 2.36 bits per heavy atom. The molecular formula is C27H29FN6O2. The smallest absolute Gasteiger partial charge is 0.261 e. The van der Waals surface area contributed by atoms with Gasteiger partial charge < -0.3 is 20.9 Å². The van der Waals surface area contributed by atoms with Crippen molar-refractivity contribution in [1.29, 1.82) is 0 Å². The van der Waals surface area contributed by atoms with Crippen LogP contribution in [0.4, 0.5) is 27.3 Å². The van der Waals surface area contributed by atoms with Gasteiger partial charge in [-0.2, -0.15) is 0 Å². The molecule has 36 heavy (non-hydrogen) atoms. The van der Waals surface area contributed by atoms with E-state index in [0.717, 1.165) is 31.9 Å². The number of pyridine rings is 1. The normalized spacial score (nSPS) is 16.2. The number of hydrogen-bond donors (Lipinski definition) is 4. The highest BCUT2D eigenvalue weighted by Gasteiger charge is 2.47. The van der Waals surface area contributed by atoms with Crippen molar-refractivity contribution in [3.8, 4) is 0 Å². The molecule has 1 saturated carbocycles. The zero-order chi connectivity index (χ0) is 25.1. The molecule has 9 heteroatoms. The number of rotatable bonds is 7. The summed E-state index contributed by atoms with van der Waals surface area (Å²) in [6, 6.07) is 16.3. The minimum atomic E-state index is -0.661. The van der Waals surface area contributed by atoms with E-state index in [1.165, 1.54) is 19.2 Å². The Balaban J connectivity index is 1.66. The molecule has 4 N–H and O–H groups in total. The average Bonchev–Trinajstić information content (AvgIpc) is 3.66. The molecule has 3 aromatic rings. The minimum Gasteiger partial charge on any atom is -0.373 e. The van der Waals surface area contributed by atoms with Crippen LogP contribution in [0.5, 0.6) is 0 Å². The van der Waals surface area contributed by atoms with Crippen molar-refractivity contribution in [1.82, 2.24) is 15.6 Å². The maximum absolute atomic E-state index is 14.9. The second kappa shape index (κ2) is 9.94. The van der Waals surface area contributed by atoms with Gasteiger partial charge in [-0.1, -0.05) is 36.4 Å². The standard InChI is InChI=1S/C27H29FN6O2/c1-18(35)31-26(36)20-17-30-25(34-15-13-29-14-16-34)24(32-19-7-3-2-4-8-19)23(20)33-27(11-12-27)21-9-5-6-10-22(21)28/h2-10,17,29,32H,11-16H2,1H3,(H,30,33)(H,31,35,36). The van der Waals surface area contributed by atoms with Gasteiger partial charge >= 0.3 is 0 Å². The van der Waals surface area contributed by atoms with E-state index in [4.69, 9.17) is 0 Å². The van der Waals surface area contributed by atoms with Crippen LogP contribution in [-0.4, -0.2) is 43.0 Å². The summed E-state index contributed by atoms with van der Waals surface area (Å²) in [5, 5.41) is 12.7. The number of aromatic nitrogens is 1. The minimum absolute atomic E-state index is 0.213. The molecule has 0 atom stereocenters. The predicted molar refractivity (Wildman–Crippen MR) is 138 cm³/mol. The summed E-state index contributed by atoms with van der Waals surface area (Å²) in [7, 11) is 0. The van der Waals surface area contributed by atoms with Gasteiger partial charge in [-0.15, -0.1) is 0 Å². The summed E-state index contributed by atoms with van der Waals surface area (Å²) in [6.45, 7) is 4.39. The van der Waals surface area contributed by atoms with Crippen molar-refractivity contribution in [2.45, 2.75) is 25.3 Å². The molecule has 2 aliphatic rings. The van der Waals surface area contributed by atoms with Crippen molar-refractivity contribution in [3.05, 3.63) is 77.7 Å². The van der Waals surface area contributed by atoms with Gasteiger partial charge in [0.25, 0.3) is 5.91 Å². The molecule has 2 aromatic carbocycles. The molecule has 2 fully saturated rings. The molecule has 5 rings (SSSR count). The molecule has 2 heterocycles. The highest BCUT2D eigenvalue weighted by molar-refractivity contribution is 6.10. The van der Waals surface area contributed by atoms with Gasteiger partial charge in [-0.05, 0) is 31.0 Å². The molecule has 0 unspecified atom stereocenters. The Morgan fingerprint density at radius 1 is 1.00 bits per heavy atom. The number of carbonyl (C=O) groups is 2. The van der Waals surface area contributed by atoms with Crippen LogP contribution in [0.2, 0.25) is 0 Å². The highest BCUT2D eigenvalue weighted by Crippen LogP contribution is 2.51. The van der Waals surface area contributed by atoms with Crippen LogP contribution < -0.4 is 26.2 Å². The summed E-state index contributed by atoms with van der Waals surface area (Å²) in [4.78, 5) is 31.7. The van der Waals surface area contributed by atoms with E-state index in [0.29, 0.717) is 35.6 Å². The van der Waals surface area contributed by atoms with Crippen LogP contribution >= 0.6 is 0 Å². The Labute approximate surface area is 209 Å². The Bertz CT molecular complexity index is 1270. The van der Waals surface area contributed by atoms with Crippen LogP contribution in [-0.2, 0) is 10.3 Å². The van der Waals surface area contributed by atoms with Crippen molar-refractivity contribution in [2.75, 3.05) is 41.7 Å². The van der Waals surface area contributed by atoms with Gasteiger partial charge in [0.2, 0.25) is 5.91 Å². The number of piperazine rings is 1. The third kappa shape index (κ3) is 4.87. The summed E-state index contributed by atoms with van der Waals surface area (Å²) in [6.07, 6.45) is 2.90. The molecule has 1 aromatic heterocycles. The van der Waals surface area contributed by atoms with Crippen LogP contribution in [0.15, 0.2) is 60.8 Å². The molecule has 186 valence electrons. The zero-order valence-electron chi connectivity index (χ0n) is 20.1. The quantitative estimate of drug-likeness (QED) is 0.402. The monoisotopic (exact) mass is 488 g/mol. The highest BCUT2D eigenvalue weighted by atomic mass is 19.1. The number of amides is 2. The molecule has 1 aliphatic heterocycles. The molecule has 1 saturated heterocycles. The lowest BCUT2D eigenvalue weighted by Crippen LogP contribution is -2.44. The first-order valence-electron chi connectivity index (χ1n) is 12.1. The van der Waals surface area contributed by atoms with Crippen molar-refractivity contribution < 1.29 is 14.0 Å². The van der Waals surface area contributed by atoms with E-state index in [9.17, 15) is 14.0 Å². The maximum atomic E-state index is 14.9. The molecule has 8 nitrogen and oxygen atoms in total. The second-order valence-electron chi connectivity index (χ2n) is 9.17. The Morgan fingerprint density at radius 2 is 1.69 bits per heavy atom. The average molecular weight is 489 g/mol. The van der Waals surface area contributed by atoms with Gasteiger partial charge in [-0.25, -0.2) is 9.37 Å².